The number of nitrogens with one attached hydrogen (secondary N) is 2. The van der Waals surface area contributed by atoms with Crippen molar-refractivity contribution in [2.75, 3.05) is 33.7 Å². The average Bonchev–Trinajstić information content (AvgIpc) is 2.27. The van der Waals surface area contributed by atoms with E-state index in [-0.39, 0.29) is 5.91 Å². The summed E-state index contributed by atoms with van der Waals surface area (Å²) in [7, 11) is 3.91. The Labute approximate surface area is 98.8 Å². The second-order valence-corrected chi connectivity index (χ2v) is 4.74. The summed E-state index contributed by atoms with van der Waals surface area (Å²) in [5.41, 5.74) is 0. The topological polar surface area (TPSA) is 44.4 Å². The van der Waals surface area contributed by atoms with Crippen molar-refractivity contribution in [3.63, 3.8) is 0 Å². The maximum Gasteiger partial charge on any atom is 0.234 e. The van der Waals surface area contributed by atoms with Gasteiger partial charge in [0, 0.05) is 19.1 Å². The number of likely N-dealkylation sites (N-methyl/N-ethyl adjacent to an activating group) is 2. The summed E-state index contributed by atoms with van der Waals surface area (Å²) in [5, 5.41) is 6.21. The molecular weight excluding hydrogens is 202 g/mol. The lowest BCUT2D eigenvalue weighted by atomic mass is 9.95. The summed E-state index contributed by atoms with van der Waals surface area (Å²) in [6.45, 7) is 2.35. The van der Waals surface area contributed by atoms with Crippen molar-refractivity contribution in [1.82, 2.24) is 15.5 Å². The van der Waals surface area contributed by atoms with E-state index < -0.39 is 0 Å². The van der Waals surface area contributed by atoms with Gasteiger partial charge in [-0.1, -0.05) is 19.3 Å². The van der Waals surface area contributed by atoms with E-state index >= 15 is 0 Å². The highest BCUT2D eigenvalue weighted by atomic mass is 16.2. The second kappa shape index (κ2) is 7.63. The third-order valence-corrected chi connectivity index (χ3v) is 3.13. The number of nitrogens with zero attached hydrogens (tertiary/aromatic N) is 1. The molecule has 1 aliphatic rings. The van der Waals surface area contributed by atoms with Gasteiger partial charge in [0.15, 0.2) is 0 Å². The van der Waals surface area contributed by atoms with Crippen molar-refractivity contribution >= 4 is 5.91 Å². The minimum absolute atomic E-state index is 0.172. The van der Waals surface area contributed by atoms with Gasteiger partial charge in [0.1, 0.15) is 0 Å². The molecule has 0 aliphatic heterocycles. The average molecular weight is 227 g/mol. The Balaban J connectivity index is 2.13. The number of carbonyl (C=O) groups is 1. The van der Waals surface area contributed by atoms with Gasteiger partial charge in [0.25, 0.3) is 0 Å². The van der Waals surface area contributed by atoms with Gasteiger partial charge in [-0.05, 0) is 26.9 Å². The highest BCUT2D eigenvalue weighted by Gasteiger charge is 2.16. The lowest BCUT2D eigenvalue weighted by Crippen LogP contribution is -2.42. The Morgan fingerprint density at radius 3 is 2.62 bits per heavy atom. The van der Waals surface area contributed by atoms with Crippen LogP contribution in [-0.4, -0.2) is 50.6 Å². The van der Waals surface area contributed by atoms with Crippen molar-refractivity contribution in [3.8, 4) is 0 Å². The molecule has 0 aromatic heterocycles. The van der Waals surface area contributed by atoms with Crippen molar-refractivity contribution in [3.05, 3.63) is 0 Å². The number of rotatable bonds is 6. The Bertz CT molecular complexity index is 202. The Morgan fingerprint density at radius 1 is 1.31 bits per heavy atom. The second-order valence-electron chi connectivity index (χ2n) is 4.74. The van der Waals surface area contributed by atoms with E-state index in [9.17, 15) is 4.79 Å². The Hall–Kier alpha value is -0.610. The molecule has 4 heteroatoms. The highest BCUT2D eigenvalue weighted by Crippen LogP contribution is 2.17. The summed E-state index contributed by atoms with van der Waals surface area (Å²) in [6, 6.07) is 0.430. The van der Waals surface area contributed by atoms with Crippen molar-refractivity contribution in [2.45, 2.75) is 38.1 Å². The zero-order valence-corrected chi connectivity index (χ0v) is 10.6. The highest BCUT2D eigenvalue weighted by molar-refractivity contribution is 5.78. The van der Waals surface area contributed by atoms with Crippen LogP contribution in [0.4, 0.5) is 0 Å². The van der Waals surface area contributed by atoms with E-state index in [1.54, 1.807) is 0 Å². The molecule has 1 amide bonds. The summed E-state index contributed by atoms with van der Waals surface area (Å²) in [4.78, 5) is 13.8. The predicted molar refractivity (Wildman–Crippen MR) is 66.4 cm³/mol. The lowest BCUT2D eigenvalue weighted by molar-refractivity contribution is -0.122. The first kappa shape index (κ1) is 13.5. The van der Waals surface area contributed by atoms with Crippen molar-refractivity contribution < 1.29 is 4.79 Å². The fraction of sp³-hybridized carbons (Fsp3) is 0.917. The smallest absolute Gasteiger partial charge is 0.234 e. The molecule has 0 unspecified atom stereocenters. The van der Waals surface area contributed by atoms with Gasteiger partial charge in [-0.15, -0.1) is 0 Å². The molecule has 0 aromatic carbocycles. The van der Waals surface area contributed by atoms with Crippen LogP contribution in [0.1, 0.15) is 32.1 Å². The van der Waals surface area contributed by atoms with E-state index in [1.807, 2.05) is 14.1 Å². The molecule has 1 fully saturated rings. The first-order valence-electron chi connectivity index (χ1n) is 6.35. The normalized spacial score (nSPS) is 17.7. The molecule has 0 heterocycles. The molecule has 0 atom stereocenters. The van der Waals surface area contributed by atoms with Gasteiger partial charge in [-0.2, -0.15) is 0 Å². The molecule has 0 saturated heterocycles. The lowest BCUT2D eigenvalue weighted by Gasteiger charge is -2.24. The molecule has 1 rings (SSSR count). The summed E-state index contributed by atoms with van der Waals surface area (Å²) in [6.07, 6.45) is 6.17. The summed E-state index contributed by atoms with van der Waals surface area (Å²) in [5.74, 6) is 0.172. The maximum absolute atomic E-state index is 11.7. The quantitative estimate of drug-likeness (QED) is 0.698. The fourth-order valence-electron chi connectivity index (χ4n) is 2.15. The van der Waals surface area contributed by atoms with Gasteiger partial charge >= 0.3 is 0 Å². The zero-order chi connectivity index (χ0) is 11.8. The molecule has 94 valence electrons. The first-order valence-corrected chi connectivity index (χ1v) is 6.35. The van der Waals surface area contributed by atoms with Crippen LogP contribution in [-0.2, 0) is 4.79 Å². The van der Waals surface area contributed by atoms with Crippen LogP contribution in [0.25, 0.3) is 0 Å². The van der Waals surface area contributed by atoms with Crippen LogP contribution in [0, 0.1) is 0 Å². The standard InChI is InChI=1S/C12H25N3O/c1-13-8-9-15(2)10-12(16)14-11-6-4-3-5-7-11/h11,13H,3-10H2,1-2H3,(H,14,16). The minimum Gasteiger partial charge on any atom is -0.352 e. The zero-order valence-electron chi connectivity index (χ0n) is 10.6. The molecule has 1 aliphatic carbocycles. The number of hydrogen-bond acceptors (Lipinski definition) is 3. The monoisotopic (exact) mass is 227 g/mol. The van der Waals surface area contributed by atoms with Gasteiger partial charge in [-0.3, -0.25) is 9.69 Å². The third-order valence-electron chi connectivity index (χ3n) is 3.13. The molecule has 0 spiro atoms. The van der Waals surface area contributed by atoms with Crippen LogP contribution in [0.3, 0.4) is 0 Å². The Morgan fingerprint density at radius 2 is 2.00 bits per heavy atom. The molecule has 1 saturated carbocycles. The molecular formula is C12H25N3O. The van der Waals surface area contributed by atoms with E-state index in [1.165, 1.54) is 19.3 Å². The fourth-order valence-corrected chi connectivity index (χ4v) is 2.15. The summed E-state index contributed by atoms with van der Waals surface area (Å²) < 4.78 is 0. The first-order chi connectivity index (χ1) is 7.72. The van der Waals surface area contributed by atoms with E-state index in [2.05, 4.69) is 15.5 Å². The van der Waals surface area contributed by atoms with Gasteiger partial charge in [0.2, 0.25) is 5.91 Å². The van der Waals surface area contributed by atoms with Crippen molar-refractivity contribution in [2.24, 2.45) is 0 Å². The summed E-state index contributed by atoms with van der Waals surface area (Å²) >= 11 is 0. The molecule has 0 aromatic rings. The molecule has 16 heavy (non-hydrogen) atoms. The maximum atomic E-state index is 11.7. The molecule has 0 bridgehead atoms. The largest absolute Gasteiger partial charge is 0.352 e. The molecule has 2 N–H and O–H groups in total. The van der Waals surface area contributed by atoms with Gasteiger partial charge in [-0.25, -0.2) is 0 Å². The van der Waals surface area contributed by atoms with E-state index in [4.69, 9.17) is 0 Å². The number of amides is 1. The third kappa shape index (κ3) is 5.47. The van der Waals surface area contributed by atoms with Gasteiger partial charge < -0.3 is 10.6 Å². The van der Waals surface area contributed by atoms with Crippen LogP contribution in [0.2, 0.25) is 0 Å². The van der Waals surface area contributed by atoms with Crippen molar-refractivity contribution in [1.29, 1.82) is 0 Å². The van der Waals surface area contributed by atoms with E-state index in [0.29, 0.717) is 12.6 Å². The van der Waals surface area contributed by atoms with Crippen LogP contribution >= 0.6 is 0 Å². The molecule has 0 radical (unpaired) electrons. The van der Waals surface area contributed by atoms with Crippen LogP contribution in [0.15, 0.2) is 0 Å². The van der Waals surface area contributed by atoms with Crippen LogP contribution in [0.5, 0.6) is 0 Å². The number of carbonyl (C=O) groups excluding carboxylic acids is 1. The predicted octanol–water partition coefficient (Wildman–Crippen LogP) is 0.587. The Kier molecular flexibility index (Phi) is 6.42. The SMILES string of the molecule is CNCCN(C)CC(=O)NC1CCCCC1. The van der Waals surface area contributed by atoms with Gasteiger partial charge in [0.05, 0.1) is 6.54 Å². The number of hydrogen-bond donors (Lipinski definition) is 2. The minimum atomic E-state index is 0.172. The molecule has 4 nitrogen and oxygen atoms in total. The van der Waals surface area contributed by atoms with E-state index in [0.717, 1.165) is 25.9 Å². The van der Waals surface area contributed by atoms with Crippen LogP contribution < -0.4 is 10.6 Å².